The van der Waals surface area contributed by atoms with E-state index < -0.39 is 11.9 Å². The van der Waals surface area contributed by atoms with E-state index in [4.69, 9.17) is 5.11 Å². The summed E-state index contributed by atoms with van der Waals surface area (Å²) in [5, 5.41) is 14.4. The van der Waals surface area contributed by atoms with E-state index in [9.17, 15) is 9.59 Å². The number of hydrogen-bond donors (Lipinski definition) is 3. The number of carbonyl (C=O) groups is 2. The molecule has 0 aromatic carbocycles. The fourth-order valence-corrected chi connectivity index (χ4v) is 1.23. The van der Waals surface area contributed by atoms with Gasteiger partial charge < -0.3 is 15.7 Å². The van der Waals surface area contributed by atoms with Gasteiger partial charge in [0.2, 0.25) is 5.91 Å². The van der Waals surface area contributed by atoms with Crippen LogP contribution in [0.1, 0.15) is 26.2 Å². The summed E-state index contributed by atoms with van der Waals surface area (Å²) < 4.78 is 0. The molecule has 0 heterocycles. The van der Waals surface area contributed by atoms with Crippen molar-refractivity contribution in [3.63, 3.8) is 0 Å². The molecule has 1 unspecified atom stereocenters. The molecule has 0 aromatic rings. The van der Waals surface area contributed by atoms with E-state index in [-0.39, 0.29) is 12.5 Å². The van der Waals surface area contributed by atoms with Crippen molar-refractivity contribution in [1.82, 2.24) is 10.6 Å². The highest BCUT2D eigenvalue weighted by atomic mass is 16.4. The molecule has 0 saturated heterocycles. The van der Waals surface area contributed by atoms with Gasteiger partial charge in [-0.05, 0) is 19.3 Å². The molecule has 0 radical (unpaired) electrons. The molecule has 5 nitrogen and oxygen atoms in total. The molecule has 1 aliphatic carbocycles. The molecule has 0 aliphatic heterocycles. The zero-order chi connectivity index (χ0) is 11.3. The van der Waals surface area contributed by atoms with Gasteiger partial charge in [0.25, 0.3) is 0 Å². The molecule has 5 heteroatoms. The molecule has 15 heavy (non-hydrogen) atoms. The number of aliphatic carboxylic acids is 1. The summed E-state index contributed by atoms with van der Waals surface area (Å²) in [5.41, 5.74) is 0. The minimum atomic E-state index is -0.854. The normalized spacial score (nSPS) is 17.1. The minimum absolute atomic E-state index is 0.124. The lowest BCUT2D eigenvalue weighted by Crippen LogP contribution is -2.38. The van der Waals surface area contributed by atoms with Crippen LogP contribution in [0, 0.1) is 5.92 Å². The summed E-state index contributed by atoms with van der Waals surface area (Å²) in [4.78, 5) is 21.9. The second kappa shape index (κ2) is 5.70. The summed E-state index contributed by atoms with van der Waals surface area (Å²) >= 11 is 0. The number of nitrogens with one attached hydrogen (secondary N) is 2. The fourth-order valence-electron chi connectivity index (χ4n) is 1.23. The summed E-state index contributed by atoms with van der Waals surface area (Å²) in [6, 6.07) is 0.497. The summed E-state index contributed by atoms with van der Waals surface area (Å²) in [7, 11) is 0. The highest BCUT2D eigenvalue weighted by Crippen LogP contribution is 2.17. The third kappa shape index (κ3) is 4.78. The molecule has 1 atom stereocenters. The Bertz CT molecular complexity index is 239. The van der Waals surface area contributed by atoms with Crippen LogP contribution in [0.3, 0.4) is 0 Å². The van der Waals surface area contributed by atoms with Gasteiger partial charge in [-0.1, -0.05) is 6.92 Å². The van der Waals surface area contributed by atoms with Crippen molar-refractivity contribution >= 4 is 11.9 Å². The largest absolute Gasteiger partial charge is 0.481 e. The highest BCUT2D eigenvalue weighted by molar-refractivity contribution is 5.79. The average Bonchev–Trinajstić information content (AvgIpc) is 2.98. The van der Waals surface area contributed by atoms with Gasteiger partial charge in [-0.25, -0.2) is 0 Å². The van der Waals surface area contributed by atoms with Gasteiger partial charge in [0.05, 0.1) is 12.5 Å². The molecule has 0 bridgehead atoms. The first-order valence-electron chi connectivity index (χ1n) is 5.36. The lowest BCUT2D eigenvalue weighted by atomic mass is 10.1. The number of carboxylic acids is 1. The Balaban J connectivity index is 2.10. The number of rotatable bonds is 7. The molecule has 1 saturated carbocycles. The Morgan fingerprint density at radius 2 is 2.13 bits per heavy atom. The van der Waals surface area contributed by atoms with Crippen molar-refractivity contribution in [3.8, 4) is 0 Å². The maximum absolute atomic E-state index is 11.3. The first kappa shape index (κ1) is 12.0. The van der Waals surface area contributed by atoms with Crippen LogP contribution in [0.4, 0.5) is 0 Å². The Hall–Kier alpha value is -1.10. The molecule has 86 valence electrons. The Morgan fingerprint density at radius 1 is 1.47 bits per heavy atom. The molecule has 1 aliphatic rings. The number of amides is 1. The molecule has 0 spiro atoms. The van der Waals surface area contributed by atoms with Crippen molar-refractivity contribution in [2.24, 2.45) is 5.92 Å². The van der Waals surface area contributed by atoms with Crippen molar-refractivity contribution in [2.45, 2.75) is 32.2 Å². The van der Waals surface area contributed by atoms with Gasteiger partial charge in [-0.3, -0.25) is 9.59 Å². The van der Waals surface area contributed by atoms with Crippen LogP contribution in [0.5, 0.6) is 0 Å². The van der Waals surface area contributed by atoms with Crippen molar-refractivity contribution in [3.05, 3.63) is 0 Å². The second-order valence-corrected chi connectivity index (χ2v) is 3.90. The van der Waals surface area contributed by atoms with Crippen LogP contribution < -0.4 is 10.6 Å². The van der Waals surface area contributed by atoms with Gasteiger partial charge in [0, 0.05) is 12.6 Å². The summed E-state index contributed by atoms with van der Waals surface area (Å²) in [5.74, 6) is -1.45. The van der Waals surface area contributed by atoms with Gasteiger partial charge >= 0.3 is 5.97 Å². The SMILES string of the molecule is CCC(CNC(=O)CNC1CC1)C(=O)O. The van der Waals surface area contributed by atoms with Gasteiger partial charge in [0.15, 0.2) is 0 Å². The van der Waals surface area contributed by atoms with E-state index >= 15 is 0 Å². The van der Waals surface area contributed by atoms with E-state index in [0.29, 0.717) is 19.0 Å². The molecule has 0 aromatic heterocycles. The van der Waals surface area contributed by atoms with Crippen LogP contribution in [0.25, 0.3) is 0 Å². The monoisotopic (exact) mass is 214 g/mol. The third-order valence-electron chi connectivity index (χ3n) is 2.52. The summed E-state index contributed by atoms with van der Waals surface area (Å²) in [6.07, 6.45) is 2.81. The molecular formula is C10H18N2O3. The van der Waals surface area contributed by atoms with Crippen LogP contribution in [0.2, 0.25) is 0 Å². The standard InChI is InChI=1S/C10H18N2O3/c1-2-7(10(14)15)5-12-9(13)6-11-8-3-4-8/h7-8,11H,2-6H2,1H3,(H,12,13)(H,14,15). The molecule has 1 fully saturated rings. The van der Waals surface area contributed by atoms with Crippen LogP contribution in [-0.4, -0.2) is 36.1 Å². The van der Waals surface area contributed by atoms with E-state index in [1.807, 2.05) is 0 Å². The van der Waals surface area contributed by atoms with Gasteiger partial charge in [-0.15, -0.1) is 0 Å². The molecule has 1 amide bonds. The zero-order valence-corrected chi connectivity index (χ0v) is 8.95. The van der Waals surface area contributed by atoms with Crippen molar-refractivity contribution in [1.29, 1.82) is 0 Å². The minimum Gasteiger partial charge on any atom is -0.481 e. The fraction of sp³-hybridized carbons (Fsp3) is 0.800. The summed E-state index contributed by atoms with van der Waals surface area (Å²) in [6.45, 7) is 2.31. The maximum Gasteiger partial charge on any atom is 0.308 e. The van der Waals surface area contributed by atoms with E-state index in [2.05, 4.69) is 10.6 Å². The third-order valence-corrected chi connectivity index (χ3v) is 2.52. The Morgan fingerprint density at radius 3 is 2.60 bits per heavy atom. The lowest BCUT2D eigenvalue weighted by Gasteiger charge is -2.11. The zero-order valence-electron chi connectivity index (χ0n) is 8.95. The van der Waals surface area contributed by atoms with Gasteiger partial charge in [0.1, 0.15) is 0 Å². The van der Waals surface area contributed by atoms with E-state index in [1.165, 1.54) is 0 Å². The Labute approximate surface area is 89.2 Å². The Kier molecular flexibility index (Phi) is 4.55. The quantitative estimate of drug-likeness (QED) is 0.556. The average molecular weight is 214 g/mol. The number of hydrogen-bond acceptors (Lipinski definition) is 3. The maximum atomic E-state index is 11.3. The van der Waals surface area contributed by atoms with Gasteiger partial charge in [-0.2, -0.15) is 0 Å². The van der Waals surface area contributed by atoms with Crippen molar-refractivity contribution in [2.75, 3.05) is 13.1 Å². The number of carboxylic acid groups (broad SMARTS) is 1. The van der Waals surface area contributed by atoms with Crippen LogP contribution in [-0.2, 0) is 9.59 Å². The van der Waals surface area contributed by atoms with E-state index in [1.54, 1.807) is 6.92 Å². The second-order valence-electron chi connectivity index (χ2n) is 3.90. The smallest absolute Gasteiger partial charge is 0.308 e. The van der Waals surface area contributed by atoms with E-state index in [0.717, 1.165) is 12.8 Å². The van der Waals surface area contributed by atoms with Crippen LogP contribution in [0.15, 0.2) is 0 Å². The highest BCUT2D eigenvalue weighted by Gasteiger charge is 2.21. The predicted molar refractivity (Wildman–Crippen MR) is 55.5 cm³/mol. The molecule has 1 rings (SSSR count). The predicted octanol–water partition coefficient (Wildman–Crippen LogP) is -0.0346. The topological polar surface area (TPSA) is 78.4 Å². The molecule has 3 N–H and O–H groups in total. The lowest BCUT2D eigenvalue weighted by molar-refractivity contribution is -0.141. The molecular weight excluding hydrogens is 196 g/mol. The number of carbonyl (C=O) groups excluding carboxylic acids is 1. The first-order valence-corrected chi connectivity index (χ1v) is 5.36. The first-order chi connectivity index (χ1) is 7.13. The van der Waals surface area contributed by atoms with Crippen LogP contribution >= 0.6 is 0 Å². The van der Waals surface area contributed by atoms with Crippen molar-refractivity contribution < 1.29 is 14.7 Å².